The zero-order chi connectivity index (χ0) is 26.2. The third-order valence-corrected chi connectivity index (χ3v) is 7.23. The molecular weight excluding hydrogens is 512 g/mol. The molecule has 0 saturated heterocycles. The van der Waals surface area contributed by atoms with Crippen LogP contribution in [0.2, 0.25) is 5.02 Å². The first kappa shape index (κ1) is 25.1. The number of aromatic nitrogens is 1. The van der Waals surface area contributed by atoms with Gasteiger partial charge < -0.3 is 18.6 Å². The predicted octanol–water partition coefficient (Wildman–Crippen LogP) is 5.17. The van der Waals surface area contributed by atoms with Crippen molar-refractivity contribution in [2.24, 2.45) is 7.05 Å². The maximum atomic E-state index is 11.7. The number of ether oxygens (including phenoxy) is 1. The Kier molecular flexibility index (Phi) is 6.81. The van der Waals surface area contributed by atoms with E-state index in [1.165, 1.54) is 0 Å². The monoisotopic (exact) mass is 538 g/mol. The highest BCUT2D eigenvalue weighted by Crippen LogP contribution is 2.42. The van der Waals surface area contributed by atoms with Crippen molar-refractivity contribution in [2.45, 2.75) is 13.3 Å². The van der Waals surface area contributed by atoms with E-state index in [4.69, 9.17) is 25.3 Å². The van der Waals surface area contributed by atoms with Crippen LogP contribution in [0.1, 0.15) is 19.2 Å². The SMILES string of the molecule is CCC(=Cc1oc2ccc(Cl)cc2[n+]1C)C=C1Oc2ccc(-c3ccccc3)cc2N1CCS(=O)(=O)[OH2+]. The Hall–Kier alpha value is -3.59. The zero-order valence-corrected chi connectivity index (χ0v) is 22.0. The molecule has 9 heteroatoms. The summed E-state index contributed by atoms with van der Waals surface area (Å²) >= 11 is 6.16. The highest BCUT2D eigenvalue weighted by molar-refractivity contribution is 7.85. The van der Waals surface area contributed by atoms with Gasteiger partial charge in [0.15, 0.2) is 5.75 Å². The van der Waals surface area contributed by atoms with Crippen LogP contribution >= 0.6 is 11.6 Å². The molecule has 1 aliphatic rings. The molecule has 1 aliphatic heterocycles. The van der Waals surface area contributed by atoms with Gasteiger partial charge in [0.1, 0.15) is 12.8 Å². The molecule has 3 aromatic carbocycles. The Balaban J connectivity index is 1.54. The van der Waals surface area contributed by atoms with Gasteiger partial charge in [-0.25, -0.2) is 0 Å². The lowest BCUT2D eigenvalue weighted by Crippen LogP contribution is -2.29. The van der Waals surface area contributed by atoms with Crippen LogP contribution in [0, 0.1) is 0 Å². The number of oxazole rings is 1. The number of aryl methyl sites for hydroxylation is 1. The summed E-state index contributed by atoms with van der Waals surface area (Å²) in [5.74, 6) is 1.45. The molecule has 0 radical (unpaired) electrons. The quantitative estimate of drug-likeness (QED) is 0.239. The molecular formula is C28H27ClN2O5S+2. The molecule has 2 heterocycles. The predicted molar refractivity (Wildman–Crippen MR) is 146 cm³/mol. The summed E-state index contributed by atoms with van der Waals surface area (Å²) in [6.45, 7) is 2.12. The topological polar surface area (TPSA) is 86.5 Å². The van der Waals surface area contributed by atoms with E-state index in [1.54, 1.807) is 6.07 Å². The molecule has 0 fully saturated rings. The largest absolute Gasteiger partial charge is 0.439 e. The van der Waals surface area contributed by atoms with Gasteiger partial charge in [-0.05, 0) is 47.4 Å². The van der Waals surface area contributed by atoms with E-state index in [9.17, 15) is 8.42 Å². The standard InChI is InChI=1S/C28H25ClN2O5S/c1-3-19(15-27-30(2)23-18-22(29)10-12-25(23)35-27)16-28-31(13-14-37(32,33)34)24-17-21(9-11-26(24)36-28)20-7-5-4-6-8-20/h4-12,15-18H,3,13-14H2,1-2H3/p+2. The Labute approximate surface area is 220 Å². The van der Waals surface area contributed by atoms with E-state index in [0.29, 0.717) is 29.0 Å². The fourth-order valence-electron chi connectivity index (χ4n) is 4.29. The first-order chi connectivity index (χ1) is 17.7. The van der Waals surface area contributed by atoms with Crippen molar-refractivity contribution < 1.29 is 26.7 Å². The van der Waals surface area contributed by atoms with Gasteiger partial charge in [-0.3, -0.25) is 0 Å². The van der Waals surface area contributed by atoms with Crippen molar-refractivity contribution in [3.05, 3.63) is 95.2 Å². The highest BCUT2D eigenvalue weighted by Gasteiger charge is 2.29. The summed E-state index contributed by atoms with van der Waals surface area (Å²) in [7, 11) is -2.02. The summed E-state index contributed by atoms with van der Waals surface area (Å²) in [4.78, 5) is 1.82. The van der Waals surface area contributed by atoms with Gasteiger partial charge in [-0.15, -0.1) is 0 Å². The zero-order valence-electron chi connectivity index (χ0n) is 20.4. The normalized spacial score (nSPS) is 14.9. The highest BCUT2D eigenvalue weighted by atomic mass is 35.5. The van der Waals surface area contributed by atoms with E-state index in [1.807, 2.05) is 96.3 Å². The second-order valence-corrected chi connectivity index (χ2v) is 10.9. The Bertz CT molecular complexity index is 1640. The maximum Gasteiger partial charge on any atom is 0.379 e. The van der Waals surface area contributed by atoms with E-state index >= 15 is 0 Å². The molecule has 190 valence electrons. The smallest absolute Gasteiger partial charge is 0.379 e. The van der Waals surface area contributed by atoms with Crippen molar-refractivity contribution in [1.82, 2.24) is 0 Å². The van der Waals surface area contributed by atoms with Crippen molar-refractivity contribution in [3.63, 3.8) is 0 Å². The average Bonchev–Trinajstić information content (AvgIpc) is 3.38. The lowest BCUT2D eigenvalue weighted by Gasteiger charge is -2.18. The maximum absolute atomic E-state index is 11.7. The van der Waals surface area contributed by atoms with Crippen LogP contribution in [0.5, 0.6) is 5.75 Å². The molecule has 7 nitrogen and oxygen atoms in total. The molecule has 1 aromatic heterocycles. The second kappa shape index (κ2) is 10.0. The van der Waals surface area contributed by atoms with Crippen LogP contribution in [-0.4, -0.2) is 25.3 Å². The minimum atomic E-state index is -3.92. The third kappa shape index (κ3) is 5.41. The van der Waals surface area contributed by atoms with Gasteiger partial charge in [-0.2, -0.15) is 13.0 Å². The molecule has 0 aliphatic carbocycles. The minimum absolute atomic E-state index is 0.0941. The number of nitrogens with zero attached hydrogens (tertiary/aromatic N) is 2. The van der Waals surface area contributed by atoms with Crippen LogP contribution in [0.15, 0.2) is 88.7 Å². The van der Waals surface area contributed by atoms with Gasteiger partial charge >= 0.3 is 16.0 Å². The second-order valence-electron chi connectivity index (χ2n) is 8.79. The Morgan fingerprint density at radius 1 is 1.08 bits per heavy atom. The lowest BCUT2D eigenvalue weighted by atomic mass is 10.0. The van der Waals surface area contributed by atoms with E-state index < -0.39 is 10.1 Å². The van der Waals surface area contributed by atoms with Crippen molar-refractivity contribution in [1.29, 1.82) is 0 Å². The molecule has 5 rings (SSSR count). The molecule has 0 bridgehead atoms. The molecule has 0 atom stereocenters. The first-order valence-electron chi connectivity index (χ1n) is 11.8. The summed E-state index contributed by atoms with van der Waals surface area (Å²) in [6, 6.07) is 21.3. The number of halogens is 1. The number of hydrogen-bond donors (Lipinski definition) is 0. The fourth-order valence-corrected chi connectivity index (χ4v) is 4.88. The summed E-state index contributed by atoms with van der Waals surface area (Å²) in [5.41, 5.74) is 5.31. The molecule has 4 aromatic rings. The Morgan fingerprint density at radius 3 is 2.59 bits per heavy atom. The van der Waals surface area contributed by atoms with E-state index in [2.05, 4.69) is 0 Å². The number of allylic oxidation sites excluding steroid dienone is 2. The van der Waals surface area contributed by atoms with Crippen LogP contribution in [0.25, 0.3) is 28.3 Å². The van der Waals surface area contributed by atoms with Gasteiger partial charge in [0.2, 0.25) is 11.5 Å². The number of benzene rings is 3. The average molecular weight is 539 g/mol. The van der Waals surface area contributed by atoms with Gasteiger partial charge in [-0.1, -0.05) is 54.9 Å². The molecule has 0 spiro atoms. The van der Waals surface area contributed by atoms with Gasteiger partial charge in [0.05, 0.1) is 11.8 Å². The minimum Gasteiger partial charge on any atom is -0.439 e. The first-order valence-corrected chi connectivity index (χ1v) is 13.9. The number of hydrogen-bond acceptors (Lipinski definition) is 5. The van der Waals surface area contributed by atoms with Crippen molar-refractivity contribution in [3.8, 4) is 16.9 Å². The fraction of sp³-hybridized carbons (Fsp3) is 0.179. The van der Waals surface area contributed by atoms with E-state index in [-0.39, 0.29) is 12.3 Å². The summed E-state index contributed by atoms with van der Waals surface area (Å²) in [5, 5.41) is 0.629. The summed E-state index contributed by atoms with van der Waals surface area (Å²) in [6.07, 6.45) is 4.50. The molecule has 37 heavy (non-hydrogen) atoms. The van der Waals surface area contributed by atoms with Gasteiger partial charge in [0, 0.05) is 23.7 Å². The van der Waals surface area contributed by atoms with Crippen LogP contribution in [0.3, 0.4) is 0 Å². The van der Waals surface area contributed by atoms with Crippen LogP contribution < -0.4 is 14.2 Å². The van der Waals surface area contributed by atoms with Crippen molar-refractivity contribution in [2.75, 3.05) is 17.2 Å². The van der Waals surface area contributed by atoms with Crippen LogP contribution in [-0.2, 0) is 17.2 Å². The molecule has 0 saturated carbocycles. The third-order valence-electron chi connectivity index (χ3n) is 6.27. The molecule has 0 unspecified atom stereocenters. The number of rotatable bonds is 7. The van der Waals surface area contributed by atoms with E-state index in [0.717, 1.165) is 33.5 Å². The lowest BCUT2D eigenvalue weighted by molar-refractivity contribution is -0.652. The number of anilines is 1. The Morgan fingerprint density at radius 2 is 1.86 bits per heavy atom. The molecule has 0 amide bonds. The van der Waals surface area contributed by atoms with Crippen LogP contribution in [0.4, 0.5) is 5.69 Å². The van der Waals surface area contributed by atoms with Crippen molar-refractivity contribution >= 4 is 44.6 Å². The number of fused-ring (bicyclic) bond motifs is 2. The molecule has 2 N–H and O–H groups in total. The van der Waals surface area contributed by atoms with Gasteiger partial charge in [0.25, 0.3) is 5.52 Å². The summed E-state index contributed by atoms with van der Waals surface area (Å²) < 4.78 is 44.9.